The van der Waals surface area contributed by atoms with Crippen molar-refractivity contribution in [2.24, 2.45) is 0 Å². The second-order valence-corrected chi connectivity index (χ2v) is 6.63. The lowest BCUT2D eigenvalue weighted by Gasteiger charge is -2.16. The van der Waals surface area contributed by atoms with Gasteiger partial charge in [0.2, 0.25) is 11.8 Å². The van der Waals surface area contributed by atoms with E-state index in [1.54, 1.807) is 35.2 Å². The summed E-state index contributed by atoms with van der Waals surface area (Å²) in [5.41, 5.74) is 2.20. The van der Waals surface area contributed by atoms with Gasteiger partial charge in [0.15, 0.2) is 0 Å². The van der Waals surface area contributed by atoms with E-state index in [4.69, 9.17) is 23.2 Å². The van der Waals surface area contributed by atoms with E-state index < -0.39 is 0 Å². The summed E-state index contributed by atoms with van der Waals surface area (Å²) in [6, 6.07) is 12.3. The van der Waals surface area contributed by atoms with E-state index >= 15 is 0 Å². The molecule has 1 saturated heterocycles. The van der Waals surface area contributed by atoms with Crippen LogP contribution in [0.15, 0.2) is 42.5 Å². The lowest BCUT2D eigenvalue weighted by atomic mass is 10.2. The molecular formula is C18H17Cl2N3O2. The van der Waals surface area contributed by atoms with Crippen LogP contribution in [-0.4, -0.2) is 24.9 Å². The van der Waals surface area contributed by atoms with Crippen LogP contribution in [0.25, 0.3) is 0 Å². The van der Waals surface area contributed by atoms with Gasteiger partial charge in [-0.1, -0.05) is 23.2 Å². The van der Waals surface area contributed by atoms with Gasteiger partial charge in [-0.3, -0.25) is 9.59 Å². The molecule has 2 amide bonds. The molecule has 0 bridgehead atoms. The van der Waals surface area contributed by atoms with Crippen LogP contribution in [0, 0.1) is 0 Å². The number of rotatable bonds is 5. The fourth-order valence-electron chi connectivity index (χ4n) is 2.69. The molecule has 0 atom stereocenters. The van der Waals surface area contributed by atoms with Gasteiger partial charge in [0.25, 0.3) is 0 Å². The molecule has 1 aliphatic rings. The Kier molecular flexibility index (Phi) is 5.46. The standard InChI is InChI=1S/C18H17Cl2N3O2/c19-12-8-13(20)10-15(9-12)21-11-17(24)22-14-3-5-16(6-4-14)23-7-1-2-18(23)25/h3-6,8-10,21H,1-2,7,11H2,(H,22,24). The summed E-state index contributed by atoms with van der Waals surface area (Å²) in [6.07, 6.45) is 1.48. The van der Waals surface area contributed by atoms with Gasteiger partial charge in [-0.15, -0.1) is 0 Å². The minimum absolute atomic E-state index is 0.0863. The van der Waals surface area contributed by atoms with E-state index in [0.29, 0.717) is 27.8 Å². The molecule has 7 heteroatoms. The molecule has 2 aromatic carbocycles. The maximum atomic E-state index is 12.0. The van der Waals surface area contributed by atoms with Gasteiger partial charge in [-0.25, -0.2) is 0 Å². The first-order valence-corrected chi connectivity index (χ1v) is 8.67. The third-order valence-corrected chi connectivity index (χ3v) is 4.29. The number of amides is 2. The van der Waals surface area contributed by atoms with Gasteiger partial charge in [0.1, 0.15) is 0 Å². The van der Waals surface area contributed by atoms with Gasteiger partial charge in [0, 0.05) is 40.1 Å². The van der Waals surface area contributed by atoms with Crippen molar-refractivity contribution in [3.63, 3.8) is 0 Å². The van der Waals surface area contributed by atoms with Gasteiger partial charge < -0.3 is 15.5 Å². The van der Waals surface area contributed by atoms with Crippen molar-refractivity contribution in [3.8, 4) is 0 Å². The SMILES string of the molecule is O=C(CNc1cc(Cl)cc(Cl)c1)Nc1ccc(N2CCCC2=O)cc1. The van der Waals surface area contributed by atoms with E-state index in [1.165, 1.54) is 0 Å². The van der Waals surface area contributed by atoms with Crippen molar-refractivity contribution in [3.05, 3.63) is 52.5 Å². The maximum Gasteiger partial charge on any atom is 0.243 e. The number of anilines is 3. The van der Waals surface area contributed by atoms with Crippen LogP contribution in [-0.2, 0) is 9.59 Å². The number of hydrogen-bond donors (Lipinski definition) is 2. The summed E-state index contributed by atoms with van der Waals surface area (Å²) in [4.78, 5) is 25.5. The van der Waals surface area contributed by atoms with Crippen LogP contribution < -0.4 is 15.5 Å². The predicted octanol–water partition coefficient (Wildman–Crippen LogP) is 4.17. The first-order chi connectivity index (χ1) is 12.0. The van der Waals surface area contributed by atoms with Gasteiger partial charge in [-0.05, 0) is 48.9 Å². The Morgan fingerprint density at radius 3 is 2.32 bits per heavy atom. The Morgan fingerprint density at radius 2 is 1.72 bits per heavy atom. The summed E-state index contributed by atoms with van der Waals surface area (Å²) >= 11 is 11.8. The Labute approximate surface area is 155 Å². The molecule has 2 aromatic rings. The number of nitrogens with zero attached hydrogens (tertiary/aromatic N) is 1. The van der Waals surface area contributed by atoms with E-state index in [1.807, 2.05) is 12.1 Å². The Hall–Kier alpha value is -2.24. The average Bonchev–Trinajstić information content (AvgIpc) is 2.99. The van der Waals surface area contributed by atoms with Crippen molar-refractivity contribution < 1.29 is 9.59 Å². The second-order valence-electron chi connectivity index (χ2n) is 5.76. The number of carbonyl (C=O) groups excluding carboxylic acids is 2. The summed E-state index contributed by atoms with van der Waals surface area (Å²) in [5.74, 6) is -0.0535. The molecule has 0 aromatic heterocycles. The molecule has 3 rings (SSSR count). The van der Waals surface area contributed by atoms with Crippen molar-refractivity contribution in [2.45, 2.75) is 12.8 Å². The minimum atomic E-state index is -0.193. The fraction of sp³-hybridized carbons (Fsp3) is 0.222. The topological polar surface area (TPSA) is 61.4 Å². The van der Waals surface area contributed by atoms with Crippen LogP contribution in [0.1, 0.15) is 12.8 Å². The molecule has 1 aliphatic heterocycles. The smallest absolute Gasteiger partial charge is 0.243 e. The number of halogens is 2. The number of nitrogens with one attached hydrogen (secondary N) is 2. The molecule has 0 unspecified atom stereocenters. The molecule has 0 radical (unpaired) electrons. The molecule has 1 fully saturated rings. The molecule has 0 saturated carbocycles. The monoisotopic (exact) mass is 377 g/mol. The number of hydrogen-bond acceptors (Lipinski definition) is 3. The molecule has 0 aliphatic carbocycles. The minimum Gasteiger partial charge on any atom is -0.376 e. The van der Waals surface area contributed by atoms with E-state index in [9.17, 15) is 9.59 Å². The lowest BCUT2D eigenvalue weighted by Crippen LogP contribution is -2.24. The number of benzene rings is 2. The fourth-order valence-corrected chi connectivity index (χ4v) is 3.22. The van der Waals surface area contributed by atoms with Crippen LogP contribution in [0.5, 0.6) is 0 Å². The van der Waals surface area contributed by atoms with Crippen LogP contribution >= 0.6 is 23.2 Å². The zero-order chi connectivity index (χ0) is 17.8. The van der Waals surface area contributed by atoms with E-state index in [0.717, 1.165) is 18.7 Å². The lowest BCUT2D eigenvalue weighted by molar-refractivity contribution is -0.117. The average molecular weight is 378 g/mol. The number of carbonyl (C=O) groups is 2. The van der Waals surface area contributed by atoms with Crippen molar-refractivity contribution >= 4 is 52.1 Å². The van der Waals surface area contributed by atoms with Crippen molar-refractivity contribution in [1.29, 1.82) is 0 Å². The predicted molar refractivity (Wildman–Crippen MR) is 102 cm³/mol. The zero-order valence-corrected chi connectivity index (χ0v) is 14.9. The highest BCUT2D eigenvalue weighted by molar-refractivity contribution is 6.35. The van der Waals surface area contributed by atoms with Crippen LogP contribution in [0.2, 0.25) is 10.0 Å². The quantitative estimate of drug-likeness (QED) is 0.821. The normalized spacial score (nSPS) is 13.8. The first kappa shape index (κ1) is 17.6. The van der Waals surface area contributed by atoms with Crippen molar-refractivity contribution in [1.82, 2.24) is 0 Å². The molecule has 0 spiro atoms. The maximum absolute atomic E-state index is 12.0. The summed E-state index contributed by atoms with van der Waals surface area (Å²) in [7, 11) is 0. The van der Waals surface area contributed by atoms with Gasteiger partial charge in [0.05, 0.1) is 6.54 Å². The van der Waals surface area contributed by atoms with Gasteiger partial charge in [-0.2, -0.15) is 0 Å². The molecule has 5 nitrogen and oxygen atoms in total. The van der Waals surface area contributed by atoms with Crippen LogP contribution in [0.3, 0.4) is 0 Å². The summed E-state index contributed by atoms with van der Waals surface area (Å²) in [5, 5.41) is 6.78. The second kappa shape index (κ2) is 7.76. The van der Waals surface area contributed by atoms with E-state index in [2.05, 4.69) is 10.6 Å². The third kappa shape index (κ3) is 4.65. The molecule has 2 N–H and O–H groups in total. The highest BCUT2D eigenvalue weighted by Crippen LogP contribution is 2.24. The highest BCUT2D eigenvalue weighted by atomic mass is 35.5. The third-order valence-electron chi connectivity index (χ3n) is 3.85. The largest absolute Gasteiger partial charge is 0.376 e. The van der Waals surface area contributed by atoms with Crippen LogP contribution in [0.4, 0.5) is 17.1 Å². The van der Waals surface area contributed by atoms with Gasteiger partial charge >= 0.3 is 0 Å². The first-order valence-electron chi connectivity index (χ1n) is 7.91. The van der Waals surface area contributed by atoms with Crippen molar-refractivity contribution in [2.75, 3.05) is 28.6 Å². The Balaban J connectivity index is 1.55. The zero-order valence-electron chi connectivity index (χ0n) is 13.4. The highest BCUT2D eigenvalue weighted by Gasteiger charge is 2.21. The Morgan fingerprint density at radius 1 is 1.04 bits per heavy atom. The Bertz CT molecular complexity index is 773. The molecule has 130 valence electrons. The molecule has 25 heavy (non-hydrogen) atoms. The summed E-state index contributed by atoms with van der Waals surface area (Å²) in [6.45, 7) is 0.833. The summed E-state index contributed by atoms with van der Waals surface area (Å²) < 4.78 is 0. The molecular weight excluding hydrogens is 361 g/mol. The molecule has 1 heterocycles. The van der Waals surface area contributed by atoms with E-state index in [-0.39, 0.29) is 18.4 Å².